The normalized spacial score (nSPS) is 17.0. The van der Waals surface area contributed by atoms with Crippen LogP contribution in [0.25, 0.3) is 11.2 Å². The van der Waals surface area contributed by atoms with Crippen molar-refractivity contribution < 1.29 is 0 Å². The quantitative estimate of drug-likeness (QED) is 0.881. The van der Waals surface area contributed by atoms with Crippen LogP contribution in [0, 0.1) is 0 Å². The Bertz CT molecular complexity index is 636. The van der Waals surface area contributed by atoms with Crippen molar-refractivity contribution in [3.05, 3.63) is 5.69 Å². The molecule has 0 saturated heterocycles. The minimum Gasteiger partial charge on any atom is -0.369 e. The lowest BCUT2D eigenvalue weighted by atomic mass is 10.2. The second-order valence-electron chi connectivity index (χ2n) is 6.32. The zero-order valence-electron chi connectivity index (χ0n) is 13.5. The minimum absolute atomic E-state index is 0.446. The van der Waals surface area contributed by atoms with Crippen molar-refractivity contribution in [2.45, 2.75) is 58.2 Å². The van der Waals surface area contributed by atoms with E-state index in [1.54, 1.807) is 0 Å². The second-order valence-corrected chi connectivity index (χ2v) is 6.32. The molecule has 0 spiro atoms. The third-order valence-electron chi connectivity index (χ3n) is 4.57. The summed E-state index contributed by atoms with van der Waals surface area (Å²) in [5, 5.41) is 4.61. The summed E-state index contributed by atoms with van der Waals surface area (Å²) in [6, 6.07) is 1.20. The van der Waals surface area contributed by atoms with Gasteiger partial charge in [0.05, 0.1) is 5.69 Å². The number of anilines is 1. The number of fused-ring (bicyclic) bond motifs is 1. The van der Waals surface area contributed by atoms with Crippen molar-refractivity contribution in [2.75, 3.05) is 12.8 Å². The molecule has 116 valence electrons. The van der Waals surface area contributed by atoms with Crippen LogP contribution in [0.2, 0.25) is 0 Å². The maximum absolute atomic E-state index is 6.16. The highest BCUT2D eigenvalue weighted by Crippen LogP contribution is 2.28. The molecule has 0 amide bonds. The Kier molecular flexibility index (Phi) is 3.65. The van der Waals surface area contributed by atoms with Gasteiger partial charge in [-0.2, -0.15) is 5.10 Å². The van der Waals surface area contributed by atoms with Gasteiger partial charge in [-0.3, -0.25) is 14.1 Å². The third-order valence-corrected chi connectivity index (χ3v) is 4.57. The first kappa shape index (κ1) is 14.4. The Morgan fingerprint density at radius 2 is 2.14 bits per heavy atom. The number of hydrogen-bond acceptors (Lipinski definition) is 4. The monoisotopic (exact) mass is 290 g/mol. The molecule has 6 heteroatoms. The predicted molar refractivity (Wildman–Crippen MR) is 85.2 cm³/mol. The Labute approximate surface area is 125 Å². The first-order chi connectivity index (χ1) is 10.0. The average molecular weight is 290 g/mol. The summed E-state index contributed by atoms with van der Waals surface area (Å²) >= 11 is 0. The topological polar surface area (TPSA) is 64.9 Å². The number of aromatic nitrogens is 4. The number of imidazole rings is 1. The lowest BCUT2D eigenvalue weighted by Crippen LogP contribution is -2.34. The molecular weight excluding hydrogens is 264 g/mol. The van der Waals surface area contributed by atoms with Crippen LogP contribution in [0.3, 0.4) is 0 Å². The summed E-state index contributed by atoms with van der Waals surface area (Å²) in [6.07, 6.45) is 4.66. The standard InChI is InChI=1S/C15H26N6/c1-5-6-12-13-14(20(4)18-12)21(15(16)17-13)9-10(2)19(3)11-7-8-11/h10-11H,5-9H2,1-4H3,(H2,16,17). The summed E-state index contributed by atoms with van der Waals surface area (Å²) in [7, 11) is 4.19. The molecule has 2 N–H and O–H groups in total. The van der Waals surface area contributed by atoms with E-state index in [0.29, 0.717) is 12.0 Å². The number of nitrogens with zero attached hydrogens (tertiary/aromatic N) is 5. The molecule has 2 aromatic heterocycles. The Hall–Kier alpha value is -1.56. The van der Waals surface area contributed by atoms with Crippen LogP contribution in [0.5, 0.6) is 0 Å². The zero-order valence-corrected chi connectivity index (χ0v) is 13.5. The smallest absolute Gasteiger partial charge is 0.202 e. The van der Waals surface area contributed by atoms with E-state index in [0.717, 1.165) is 42.3 Å². The number of nitrogens with two attached hydrogens (primary N) is 1. The number of aryl methyl sites for hydroxylation is 2. The molecule has 0 aromatic carbocycles. The van der Waals surface area contributed by atoms with E-state index in [1.807, 2.05) is 11.7 Å². The molecule has 0 bridgehead atoms. The molecule has 0 radical (unpaired) electrons. The van der Waals surface area contributed by atoms with E-state index in [2.05, 4.69) is 40.4 Å². The summed E-state index contributed by atoms with van der Waals surface area (Å²) in [5.74, 6) is 0.603. The highest BCUT2D eigenvalue weighted by molar-refractivity contribution is 5.77. The molecule has 1 saturated carbocycles. The second kappa shape index (κ2) is 5.33. The van der Waals surface area contributed by atoms with E-state index in [-0.39, 0.29) is 0 Å². The highest BCUT2D eigenvalue weighted by atomic mass is 15.4. The first-order valence-electron chi connectivity index (χ1n) is 7.92. The summed E-state index contributed by atoms with van der Waals surface area (Å²) < 4.78 is 4.04. The molecule has 0 aliphatic heterocycles. The van der Waals surface area contributed by atoms with E-state index in [1.165, 1.54) is 12.8 Å². The zero-order chi connectivity index (χ0) is 15.1. The fourth-order valence-corrected chi connectivity index (χ4v) is 3.08. The lowest BCUT2D eigenvalue weighted by Gasteiger charge is -2.25. The fourth-order valence-electron chi connectivity index (χ4n) is 3.08. The Morgan fingerprint density at radius 1 is 1.43 bits per heavy atom. The maximum Gasteiger partial charge on any atom is 0.202 e. The molecule has 1 aliphatic rings. The van der Waals surface area contributed by atoms with Gasteiger partial charge < -0.3 is 5.73 Å². The van der Waals surface area contributed by atoms with Gasteiger partial charge in [-0.1, -0.05) is 13.3 Å². The number of rotatable bonds is 6. The van der Waals surface area contributed by atoms with Crippen molar-refractivity contribution in [3.8, 4) is 0 Å². The molecule has 2 heterocycles. The Morgan fingerprint density at radius 3 is 2.76 bits per heavy atom. The van der Waals surface area contributed by atoms with Gasteiger partial charge in [-0.25, -0.2) is 4.98 Å². The summed E-state index contributed by atoms with van der Waals surface area (Å²) in [5.41, 5.74) is 9.24. The Balaban J connectivity index is 1.92. The minimum atomic E-state index is 0.446. The van der Waals surface area contributed by atoms with Crippen molar-refractivity contribution in [3.63, 3.8) is 0 Å². The number of likely N-dealkylation sites (N-methyl/N-ethyl adjacent to an activating group) is 1. The van der Waals surface area contributed by atoms with Crippen molar-refractivity contribution >= 4 is 17.1 Å². The molecule has 1 fully saturated rings. The fraction of sp³-hybridized carbons (Fsp3) is 0.733. The lowest BCUT2D eigenvalue weighted by molar-refractivity contribution is 0.227. The highest BCUT2D eigenvalue weighted by Gasteiger charge is 2.30. The average Bonchev–Trinajstić information content (AvgIpc) is 3.18. The van der Waals surface area contributed by atoms with Gasteiger partial charge in [0.1, 0.15) is 5.52 Å². The van der Waals surface area contributed by atoms with Crippen LogP contribution in [0.1, 0.15) is 38.8 Å². The van der Waals surface area contributed by atoms with Crippen LogP contribution in [0.15, 0.2) is 0 Å². The molecule has 2 aromatic rings. The van der Waals surface area contributed by atoms with Gasteiger partial charge >= 0.3 is 0 Å². The van der Waals surface area contributed by atoms with E-state index >= 15 is 0 Å². The van der Waals surface area contributed by atoms with E-state index < -0.39 is 0 Å². The number of nitrogen functional groups attached to an aromatic ring is 1. The van der Waals surface area contributed by atoms with E-state index in [4.69, 9.17) is 5.73 Å². The van der Waals surface area contributed by atoms with Gasteiger partial charge in [-0.05, 0) is 33.2 Å². The summed E-state index contributed by atoms with van der Waals surface area (Å²) in [4.78, 5) is 7.02. The predicted octanol–water partition coefficient (Wildman–Crippen LogP) is 1.79. The summed E-state index contributed by atoms with van der Waals surface area (Å²) in [6.45, 7) is 5.28. The maximum atomic E-state index is 6.16. The van der Waals surface area contributed by atoms with Crippen LogP contribution in [0.4, 0.5) is 5.95 Å². The van der Waals surface area contributed by atoms with Crippen molar-refractivity contribution in [1.29, 1.82) is 0 Å². The molecule has 21 heavy (non-hydrogen) atoms. The van der Waals surface area contributed by atoms with Crippen LogP contribution in [-0.2, 0) is 20.0 Å². The molecule has 3 rings (SSSR count). The van der Waals surface area contributed by atoms with Gasteiger partial charge in [0.25, 0.3) is 0 Å². The molecule has 1 atom stereocenters. The van der Waals surface area contributed by atoms with Crippen molar-refractivity contribution in [1.82, 2.24) is 24.2 Å². The van der Waals surface area contributed by atoms with Gasteiger partial charge in [0, 0.05) is 25.7 Å². The van der Waals surface area contributed by atoms with Crippen molar-refractivity contribution in [2.24, 2.45) is 7.05 Å². The first-order valence-corrected chi connectivity index (χ1v) is 7.92. The van der Waals surface area contributed by atoms with Gasteiger partial charge in [0.2, 0.25) is 5.95 Å². The molecule has 6 nitrogen and oxygen atoms in total. The third kappa shape index (κ3) is 2.52. The SMILES string of the molecule is CCCc1nn(C)c2c1nc(N)n2CC(C)N(C)C1CC1. The largest absolute Gasteiger partial charge is 0.369 e. The molecular formula is C15H26N6. The van der Waals surface area contributed by atoms with Crippen LogP contribution in [-0.4, -0.2) is 43.4 Å². The number of hydrogen-bond donors (Lipinski definition) is 1. The van der Waals surface area contributed by atoms with Crippen LogP contribution >= 0.6 is 0 Å². The van der Waals surface area contributed by atoms with Gasteiger partial charge in [-0.15, -0.1) is 0 Å². The van der Waals surface area contributed by atoms with Gasteiger partial charge in [0.15, 0.2) is 5.65 Å². The molecule has 1 aliphatic carbocycles. The van der Waals surface area contributed by atoms with E-state index in [9.17, 15) is 0 Å². The molecule has 1 unspecified atom stereocenters. The van der Waals surface area contributed by atoms with Crippen LogP contribution < -0.4 is 5.73 Å².